The lowest BCUT2D eigenvalue weighted by Gasteiger charge is -2.16. The summed E-state index contributed by atoms with van der Waals surface area (Å²) in [7, 11) is 2.05. The molecule has 1 aromatic heterocycles. The molecule has 2 rings (SSSR count). The number of halogens is 1. The zero-order valence-corrected chi connectivity index (χ0v) is 13.2. The van der Waals surface area contributed by atoms with Crippen molar-refractivity contribution < 1.29 is 9.90 Å². The number of nitrogens with zero attached hydrogens (tertiary/aromatic N) is 1. The smallest absolute Gasteiger partial charge is 0.328 e. The Balaban J connectivity index is 1.98. The van der Waals surface area contributed by atoms with Gasteiger partial charge in [-0.2, -0.15) is 0 Å². The van der Waals surface area contributed by atoms with Crippen LogP contribution in [0.2, 0.25) is 4.34 Å². The van der Waals surface area contributed by atoms with Crippen LogP contribution in [0.4, 0.5) is 0 Å². The maximum atomic E-state index is 10.5. The lowest BCUT2D eigenvalue weighted by molar-refractivity contribution is -0.131. The fourth-order valence-corrected chi connectivity index (χ4v) is 3.20. The summed E-state index contributed by atoms with van der Waals surface area (Å²) in [5, 5.41) is 8.65. The normalized spacial score (nSPS) is 11.4. The molecule has 2 aromatic rings. The van der Waals surface area contributed by atoms with Crippen molar-refractivity contribution in [2.45, 2.75) is 13.1 Å². The van der Waals surface area contributed by atoms with Gasteiger partial charge in [0.05, 0.1) is 4.34 Å². The first-order valence-corrected chi connectivity index (χ1v) is 7.65. The van der Waals surface area contributed by atoms with Crippen molar-refractivity contribution in [3.05, 3.63) is 62.8 Å². The van der Waals surface area contributed by atoms with Gasteiger partial charge in [0.15, 0.2) is 0 Å². The number of carboxylic acid groups (broad SMARTS) is 1. The molecule has 0 unspecified atom stereocenters. The van der Waals surface area contributed by atoms with Crippen LogP contribution in [0.5, 0.6) is 0 Å². The molecule has 0 saturated heterocycles. The fourth-order valence-electron chi connectivity index (χ4n) is 2.03. The quantitative estimate of drug-likeness (QED) is 0.813. The summed E-state index contributed by atoms with van der Waals surface area (Å²) in [5.41, 5.74) is 2.04. The van der Waals surface area contributed by atoms with Crippen LogP contribution in [0.15, 0.2) is 42.5 Å². The highest BCUT2D eigenvalue weighted by atomic mass is 35.5. The van der Waals surface area contributed by atoms with Gasteiger partial charge in [0.2, 0.25) is 0 Å². The summed E-state index contributed by atoms with van der Waals surface area (Å²) in [4.78, 5) is 14.0. The maximum absolute atomic E-state index is 10.5. The number of hydrogen-bond acceptors (Lipinski definition) is 3. The average molecular weight is 322 g/mol. The number of aliphatic carboxylic acids is 1. The van der Waals surface area contributed by atoms with Crippen LogP contribution in [0, 0.1) is 0 Å². The number of thiophene rings is 1. The second-order valence-corrected chi connectivity index (χ2v) is 6.59. The van der Waals surface area contributed by atoms with Crippen molar-refractivity contribution in [2.75, 3.05) is 7.05 Å². The Morgan fingerprint density at radius 3 is 2.81 bits per heavy atom. The van der Waals surface area contributed by atoms with Crippen molar-refractivity contribution in [3.63, 3.8) is 0 Å². The lowest BCUT2D eigenvalue weighted by atomic mass is 10.1. The molecule has 1 aromatic carbocycles. The minimum atomic E-state index is -0.938. The largest absolute Gasteiger partial charge is 0.478 e. The van der Waals surface area contributed by atoms with E-state index in [1.165, 1.54) is 4.88 Å². The molecule has 0 atom stereocenters. The molecule has 3 nitrogen and oxygen atoms in total. The van der Waals surface area contributed by atoms with Crippen LogP contribution in [-0.2, 0) is 17.9 Å². The molecule has 110 valence electrons. The van der Waals surface area contributed by atoms with Crippen LogP contribution < -0.4 is 0 Å². The molecule has 0 radical (unpaired) electrons. The third-order valence-electron chi connectivity index (χ3n) is 2.88. The Morgan fingerprint density at radius 2 is 2.14 bits per heavy atom. The Hall–Kier alpha value is -1.62. The minimum absolute atomic E-state index is 0.796. The summed E-state index contributed by atoms with van der Waals surface area (Å²) in [6.45, 7) is 1.64. The SMILES string of the molecule is CN(Cc1cccc(C=CC(=O)O)c1)Cc1ccc(Cl)s1. The molecule has 1 N–H and O–H groups in total. The number of hydrogen-bond donors (Lipinski definition) is 1. The average Bonchev–Trinajstić information content (AvgIpc) is 2.82. The van der Waals surface area contributed by atoms with Crippen LogP contribution in [0.1, 0.15) is 16.0 Å². The van der Waals surface area contributed by atoms with E-state index in [0.717, 1.165) is 34.6 Å². The second-order valence-electron chi connectivity index (χ2n) is 4.79. The van der Waals surface area contributed by atoms with Crippen molar-refractivity contribution in [3.8, 4) is 0 Å². The monoisotopic (exact) mass is 321 g/mol. The van der Waals surface area contributed by atoms with Gasteiger partial charge in [0.1, 0.15) is 0 Å². The Morgan fingerprint density at radius 1 is 1.33 bits per heavy atom. The number of rotatable bonds is 6. The van der Waals surface area contributed by atoms with Crippen molar-refractivity contribution in [1.29, 1.82) is 0 Å². The molecule has 0 spiro atoms. The van der Waals surface area contributed by atoms with Gasteiger partial charge in [0, 0.05) is 24.0 Å². The predicted octanol–water partition coefficient (Wildman–Crippen LogP) is 4.13. The lowest BCUT2D eigenvalue weighted by Crippen LogP contribution is -2.16. The highest BCUT2D eigenvalue weighted by Gasteiger charge is 2.04. The molecule has 0 amide bonds. The van der Waals surface area contributed by atoms with E-state index in [2.05, 4.69) is 4.90 Å². The molecule has 0 saturated carbocycles. The van der Waals surface area contributed by atoms with Gasteiger partial charge < -0.3 is 5.11 Å². The van der Waals surface area contributed by atoms with E-state index in [1.54, 1.807) is 17.4 Å². The number of benzene rings is 1. The summed E-state index contributed by atoms with van der Waals surface area (Å²) in [5.74, 6) is -0.938. The first-order chi connectivity index (χ1) is 10.0. The van der Waals surface area contributed by atoms with Gasteiger partial charge in [-0.05, 0) is 36.4 Å². The molecular weight excluding hydrogens is 306 g/mol. The minimum Gasteiger partial charge on any atom is -0.478 e. The highest BCUT2D eigenvalue weighted by molar-refractivity contribution is 7.16. The van der Waals surface area contributed by atoms with E-state index < -0.39 is 5.97 Å². The topological polar surface area (TPSA) is 40.5 Å². The summed E-state index contributed by atoms with van der Waals surface area (Å²) in [6.07, 6.45) is 2.75. The summed E-state index contributed by atoms with van der Waals surface area (Å²) >= 11 is 7.52. The third kappa shape index (κ3) is 5.34. The molecule has 21 heavy (non-hydrogen) atoms. The predicted molar refractivity (Wildman–Crippen MR) is 87.6 cm³/mol. The molecule has 1 heterocycles. The molecule has 0 bridgehead atoms. The maximum Gasteiger partial charge on any atom is 0.328 e. The molecule has 0 aliphatic heterocycles. The first-order valence-electron chi connectivity index (χ1n) is 6.45. The van der Waals surface area contributed by atoms with Crippen molar-refractivity contribution in [2.24, 2.45) is 0 Å². The van der Waals surface area contributed by atoms with Gasteiger partial charge in [-0.1, -0.05) is 35.9 Å². The Bertz CT molecular complexity index is 651. The Labute approximate surface area is 133 Å². The molecule has 0 aliphatic carbocycles. The molecule has 5 heteroatoms. The van der Waals surface area contributed by atoms with E-state index in [4.69, 9.17) is 16.7 Å². The zero-order chi connectivity index (χ0) is 15.2. The second kappa shape index (κ2) is 7.41. The van der Waals surface area contributed by atoms with Crippen molar-refractivity contribution >= 4 is 35.0 Å². The van der Waals surface area contributed by atoms with E-state index in [0.29, 0.717) is 0 Å². The van der Waals surface area contributed by atoms with Crippen LogP contribution in [-0.4, -0.2) is 23.0 Å². The molecular formula is C16H16ClNO2S. The molecule has 0 fully saturated rings. The summed E-state index contributed by atoms with van der Waals surface area (Å²) in [6, 6.07) is 11.8. The van der Waals surface area contributed by atoms with E-state index >= 15 is 0 Å². The van der Waals surface area contributed by atoms with Crippen molar-refractivity contribution in [1.82, 2.24) is 4.90 Å². The third-order valence-corrected chi connectivity index (χ3v) is 4.09. The van der Waals surface area contributed by atoms with E-state index in [1.807, 2.05) is 43.4 Å². The fraction of sp³-hybridized carbons (Fsp3) is 0.188. The Kier molecular flexibility index (Phi) is 5.56. The van der Waals surface area contributed by atoms with Crippen LogP contribution >= 0.6 is 22.9 Å². The van der Waals surface area contributed by atoms with Gasteiger partial charge >= 0.3 is 5.97 Å². The van der Waals surface area contributed by atoms with Gasteiger partial charge in [-0.15, -0.1) is 11.3 Å². The van der Waals surface area contributed by atoms with E-state index in [-0.39, 0.29) is 0 Å². The number of carbonyl (C=O) groups is 1. The van der Waals surface area contributed by atoms with Crippen LogP contribution in [0.3, 0.4) is 0 Å². The van der Waals surface area contributed by atoms with Gasteiger partial charge in [-0.25, -0.2) is 4.79 Å². The summed E-state index contributed by atoms with van der Waals surface area (Å²) < 4.78 is 0.805. The van der Waals surface area contributed by atoms with Gasteiger partial charge in [0.25, 0.3) is 0 Å². The zero-order valence-electron chi connectivity index (χ0n) is 11.6. The standard InChI is InChI=1S/C16H16ClNO2S/c1-18(11-14-6-7-15(17)21-14)10-13-4-2-3-12(9-13)5-8-16(19)20/h2-9H,10-11H2,1H3,(H,19,20). The number of carboxylic acids is 1. The molecule has 0 aliphatic rings. The van der Waals surface area contributed by atoms with Gasteiger partial charge in [-0.3, -0.25) is 4.90 Å². The van der Waals surface area contributed by atoms with E-state index in [9.17, 15) is 4.79 Å². The first kappa shape index (κ1) is 15.8. The van der Waals surface area contributed by atoms with Crippen LogP contribution in [0.25, 0.3) is 6.08 Å². The highest BCUT2D eigenvalue weighted by Crippen LogP contribution is 2.22.